The smallest absolute Gasteiger partial charge is 0.325 e. The maximum absolute atomic E-state index is 13.2. The molecule has 2 aromatic heterocycles. The van der Waals surface area contributed by atoms with Crippen molar-refractivity contribution in [3.05, 3.63) is 76.2 Å². The van der Waals surface area contributed by atoms with Crippen molar-refractivity contribution >= 4 is 28.7 Å². The Morgan fingerprint density at radius 2 is 1.80 bits per heavy atom. The Kier molecular flexibility index (Phi) is 11.9. The van der Waals surface area contributed by atoms with Crippen molar-refractivity contribution in [2.45, 2.75) is 70.7 Å². The lowest BCUT2D eigenvalue weighted by Gasteiger charge is -2.19. The molecule has 3 aromatic rings. The summed E-state index contributed by atoms with van der Waals surface area (Å²) in [5, 5.41) is 5.90. The molecule has 1 amide bonds. The molecule has 40 heavy (non-hydrogen) atoms. The summed E-state index contributed by atoms with van der Waals surface area (Å²) >= 11 is 0. The third-order valence-electron chi connectivity index (χ3n) is 6.60. The van der Waals surface area contributed by atoms with E-state index in [1.165, 1.54) is 5.56 Å². The molecular weight excluding hydrogens is 526 g/mol. The van der Waals surface area contributed by atoms with Gasteiger partial charge in [0.25, 0.3) is 5.91 Å². The van der Waals surface area contributed by atoms with Gasteiger partial charge in [-0.15, -0.1) is 0 Å². The minimum atomic E-state index is -1.66. The van der Waals surface area contributed by atoms with Crippen LogP contribution < -0.4 is 15.4 Å². The van der Waals surface area contributed by atoms with E-state index in [0.717, 1.165) is 60.2 Å². The van der Waals surface area contributed by atoms with Gasteiger partial charge >= 0.3 is 5.97 Å². The molecule has 4 N–H and O–H groups in total. The Bertz CT molecular complexity index is 1300. The minimum Gasteiger partial charge on any atom is -0.465 e. The fourth-order valence-electron chi connectivity index (χ4n) is 4.75. The van der Waals surface area contributed by atoms with Gasteiger partial charge in [-0.2, -0.15) is 0 Å². The highest BCUT2D eigenvalue weighted by Crippen LogP contribution is 2.20. The second-order valence-electron chi connectivity index (χ2n) is 9.87. The number of aromatic nitrogens is 2. The van der Waals surface area contributed by atoms with Crippen LogP contribution in [0.3, 0.4) is 0 Å². The summed E-state index contributed by atoms with van der Waals surface area (Å²) in [6.07, 6.45) is 8.58. The van der Waals surface area contributed by atoms with Crippen molar-refractivity contribution in [2.24, 2.45) is 0 Å². The van der Waals surface area contributed by atoms with Crippen LogP contribution in [0.15, 0.2) is 47.6 Å². The largest absolute Gasteiger partial charge is 0.465 e. The zero-order valence-electron chi connectivity index (χ0n) is 24.1. The van der Waals surface area contributed by atoms with E-state index in [9.17, 15) is 13.8 Å². The van der Waals surface area contributed by atoms with E-state index >= 15 is 0 Å². The number of benzene rings is 1. The molecule has 0 spiro atoms. The predicted molar refractivity (Wildman–Crippen MR) is 159 cm³/mol. The van der Waals surface area contributed by atoms with E-state index in [4.69, 9.17) is 4.74 Å². The van der Waals surface area contributed by atoms with Crippen LogP contribution in [-0.2, 0) is 33.4 Å². The first-order valence-corrected chi connectivity index (χ1v) is 14.9. The van der Waals surface area contributed by atoms with Crippen molar-refractivity contribution in [1.29, 1.82) is 0 Å². The number of nitrogens with zero attached hydrogens (tertiary/aromatic N) is 1. The molecule has 0 aliphatic rings. The third-order valence-corrected chi connectivity index (χ3v) is 8.12. The van der Waals surface area contributed by atoms with Gasteiger partial charge in [-0.1, -0.05) is 30.2 Å². The van der Waals surface area contributed by atoms with Gasteiger partial charge < -0.3 is 20.4 Å². The van der Waals surface area contributed by atoms with Crippen LogP contribution in [0, 0.1) is 20.8 Å². The summed E-state index contributed by atoms with van der Waals surface area (Å²) in [6.45, 7) is 7.58. The molecule has 0 aliphatic heterocycles. The minimum absolute atomic E-state index is 0.0648. The number of pyridine rings is 1. The monoisotopic (exact) mass is 567 g/mol. The van der Waals surface area contributed by atoms with Gasteiger partial charge in [-0.05, 0) is 87.8 Å². The van der Waals surface area contributed by atoms with E-state index < -0.39 is 23.0 Å². The number of aromatic amines is 1. The SMILES string of the molecule is CCOC(=O)C(CNC(=O)c1cc(CCCCCc2cccnc2NC)c[nH]1)NS(=O)c1c(C)cc(C)cc1C. The third kappa shape index (κ3) is 8.76. The van der Waals surface area contributed by atoms with Gasteiger partial charge in [0, 0.05) is 26.0 Å². The summed E-state index contributed by atoms with van der Waals surface area (Å²) in [5.74, 6) is 0.0154. The van der Waals surface area contributed by atoms with Crippen molar-refractivity contribution in [3.8, 4) is 0 Å². The van der Waals surface area contributed by atoms with Crippen LogP contribution in [-0.4, -0.2) is 52.3 Å². The number of aryl methyl sites for hydroxylation is 5. The Morgan fingerprint density at radius 1 is 1.07 bits per heavy atom. The van der Waals surface area contributed by atoms with E-state index in [1.54, 1.807) is 13.1 Å². The molecule has 0 bridgehead atoms. The predicted octanol–water partition coefficient (Wildman–Crippen LogP) is 4.31. The molecule has 2 heterocycles. The molecule has 3 rings (SSSR count). The maximum Gasteiger partial charge on any atom is 0.325 e. The number of nitrogens with one attached hydrogen (secondary N) is 4. The fourth-order valence-corrected chi connectivity index (χ4v) is 6.01. The van der Waals surface area contributed by atoms with Gasteiger partial charge in [-0.3, -0.25) is 9.59 Å². The quantitative estimate of drug-likeness (QED) is 0.160. The number of H-pyrrole nitrogens is 1. The van der Waals surface area contributed by atoms with Gasteiger partial charge in [-0.25, -0.2) is 13.9 Å². The molecule has 0 saturated heterocycles. The van der Waals surface area contributed by atoms with E-state index in [1.807, 2.05) is 58.3 Å². The van der Waals surface area contributed by atoms with Crippen LogP contribution in [0.1, 0.15) is 64.5 Å². The summed E-state index contributed by atoms with van der Waals surface area (Å²) in [4.78, 5) is 33.4. The summed E-state index contributed by atoms with van der Waals surface area (Å²) in [6, 6.07) is 8.82. The average molecular weight is 568 g/mol. The molecule has 10 heteroatoms. The number of carbonyl (C=O) groups excluding carboxylic acids is 2. The highest BCUT2D eigenvalue weighted by Gasteiger charge is 2.25. The summed E-state index contributed by atoms with van der Waals surface area (Å²) < 4.78 is 21.2. The Morgan fingerprint density at radius 3 is 2.50 bits per heavy atom. The van der Waals surface area contributed by atoms with Crippen LogP contribution in [0.25, 0.3) is 0 Å². The van der Waals surface area contributed by atoms with Crippen LogP contribution in [0.4, 0.5) is 5.82 Å². The number of esters is 1. The van der Waals surface area contributed by atoms with Crippen molar-refractivity contribution in [2.75, 3.05) is 25.5 Å². The van der Waals surface area contributed by atoms with Crippen molar-refractivity contribution < 1.29 is 18.5 Å². The van der Waals surface area contributed by atoms with Crippen molar-refractivity contribution in [3.63, 3.8) is 0 Å². The van der Waals surface area contributed by atoms with Gasteiger partial charge in [0.05, 0.1) is 11.5 Å². The molecule has 2 atom stereocenters. The normalized spacial score (nSPS) is 12.5. The maximum atomic E-state index is 13.2. The molecule has 0 aliphatic carbocycles. The lowest BCUT2D eigenvalue weighted by molar-refractivity contribution is -0.144. The molecule has 0 fully saturated rings. The average Bonchev–Trinajstić information content (AvgIpc) is 3.39. The number of hydrogen-bond donors (Lipinski definition) is 4. The van der Waals surface area contributed by atoms with E-state index in [0.29, 0.717) is 10.6 Å². The number of unbranched alkanes of at least 4 members (excludes halogenated alkanes) is 2. The van der Waals surface area contributed by atoms with Gasteiger partial charge in [0.1, 0.15) is 28.5 Å². The molecular formula is C30H41N5O4S. The second kappa shape index (κ2) is 15.3. The number of carbonyl (C=O) groups is 2. The first kappa shape index (κ1) is 31.0. The Balaban J connectivity index is 1.51. The zero-order chi connectivity index (χ0) is 29.1. The molecule has 0 radical (unpaired) electrons. The first-order chi connectivity index (χ1) is 19.2. The van der Waals surface area contributed by atoms with Gasteiger partial charge in [0.2, 0.25) is 0 Å². The lowest BCUT2D eigenvalue weighted by atomic mass is 10.0. The number of anilines is 1. The number of rotatable bonds is 15. The van der Waals surface area contributed by atoms with E-state index in [2.05, 4.69) is 31.4 Å². The zero-order valence-corrected chi connectivity index (χ0v) is 24.9. The molecule has 0 saturated carbocycles. The molecule has 2 unspecified atom stereocenters. The van der Waals surface area contributed by atoms with Crippen LogP contribution >= 0.6 is 0 Å². The Labute approximate surface area is 239 Å². The lowest BCUT2D eigenvalue weighted by Crippen LogP contribution is -2.47. The van der Waals surface area contributed by atoms with Gasteiger partial charge in [0.15, 0.2) is 0 Å². The second-order valence-corrected chi connectivity index (χ2v) is 11.1. The molecule has 1 aromatic carbocycles. The topological polar surface area (TPSA) is 125 Å². The first-order valence-electron chi connectivity index (χ1n) is 13.7. The fraction of sp³-hybridized carbons (Fsp3) is 0.433. The van der Waals surface area contributed by atoms with E-state index in [-0.39, 0.29) is 19.1 Å². The number of amides is 1. The highest BCUT2D eigenvalue weighted by molar-refractivity contribution is 7.83. The van der Waals surface area contributed by atoms with Crippen molar-refractivity contribution in [1.82, 2.24) is 20.0 Å². The number of hydrogen-bond acceptors (Lipinski definition) is 6. The summed E-state index contributed by atoms with van der Waals surface area (Å²) in [5.41, 5.74) is 5.49. The Hall–Kier alpha value is -3.50. The molecule has 9 nitrogen and oxygen atoms in total. The molecule has 216 valence electrons. The highest BCUT2D eigenvalue weighted by atomic mass is 32.2. The van der Waals surface area contributed by atoms with Crippen LogP contribution in [0.5, 0.6) is 0 Å². The standard InChI is InChI=1S/C30H41N5O4S/c1-6-39-30(37)26(35-40(38)27-21(3)15-20(2)16-22(27)4)19-34-29(36)25-17-23(18-33-25)11-8-7-9-12-24-13-10-14-32-28(24)31-5/h10,13-18,26,33,35H,6-9,11-12,19H2,1-5H3,(H,31,32)(H,34,36). The number of ether oxygens (including phenoxy) is 1. The van der Waals surface area contributed by atoms with Crippen LogP contribution in [0.2, 0.25) is 0 Å². The summed E-state index contributed by atoms with van der Waals surface area (Å²) in [7, 11) is 0.221.